The zero-order chi connectivity index (χ0) is 15.8. The highest BCUT2D eigenvalue weighted by Crippen LogP contribution is 2.31. The number of hydrogen-bond acceptors (Lipinski definition) is 2. The van der Waals surface area contributed by atoms with E-state index in [9.17, 15) is 0 Å². The third-order valence-electron chi connectivity index (χ3n) is 4.78. The highest BCUT2D eigenvalue weighted by molar-refractivity contribution is 7.81. The van der Waals surface area contributed by atoms with E-state index in [0.717, 1.165) is 19.3 Å². The number of unbranched alkanes of at least 4 members (excludes halogenated alkanes) is 1. The minimum absolute atomic E-state index is 0.103. The van der Waals surface area contributed by atoms with Gasteiger partial charge in [0.1, 0.15) is 0 Å². The van der Waals surface area contributed by atoms with Gasteiger partial charge in [-0.05, 0) is 39.5 Å². The summed E-state index contributed by atoms with van der Waals surface area (Å²) in [7, 11) is 0.857. The molecule has 1 nitrogen and oxygen atoms in total. The first kappa shape index (κ1) is 20.4. The molecule has 20 heavy (non-hydrogen) atoms. The van der Waals surface area contributed by atoms with Crippen LogP contribution in [0.2, 0.25) is 6.32 Å². The maximum atomic E-state index is 6.04. The van der Waals surface area contributed by atoms with Gasteiger partial charge >= 0.3 is 0 Å². The van der Waals surface area contributed by atoms with Crippen molar-refractivity contribution in [3.63, 3.8) is 0 Å². The maximum Gasteiger partial charge on any atom is 0.275 e. The average molecular weight is 300 g/mol. The van der Waals surface area contributed by atoms with Crippen LogP contribution in [-0.2, 0) is 4.65 Å². The van der Waals surface area contributed by atoms with Crippen molar-refractivity contribution in [3.05, 3.63) is 0 Å². The van der Waals surface area contributed by atoms with E-state index in [0.29, 0.717) is 0 Å². The maximum absolute atomic E-state index is 6.04. The van der Waals surface area contributed by atoms with Gasteiger partial charge < -0.3 is 4.65 Å². The molecule has 0 spiro atoms. The Morgan fingerprint density at radius 3 is 2.05 bits per heavy atom. The molecule has 0 bridgehead atoms. The van der Waals surface area contributed by atoms with Crippen LogP contribution in [0.15, 0.2) is 0 Å². The number of hydrogen-bond donors (Lipinski definition) is 1. The Morgan fingerprint density at radius 2 is 1.60 bits per heavy atom. The molecule has 0 aromatic carbocycles. The molecule has 0 radical (unpaired) electrons. The van der Waals surface area contributed by atoms with Crippen LogP contribution in [0.4, 0.5) is 0 Å². The first-order chi connectivity index (χ1) is 9.12. The molecule has 0 saturated carbocycles. The van der Waals surface area contributed by atoms with Crippen LogP contribution < -0.4 is 0 Å². The van der Waals surface area contributed by atoms with E-state index in [4.69, 9.17) is 4.65 Å². The second-order valence-corrected chi connectivity index (χ2v) is 8.68. The lowest BCUT2D eigenvalue weighted by Crippen LogP contribution is -2.44. The van der Waals surface area contributed by atoms with Crippen LogP contribution >= 0.6 is 12.6 Å². The van der Waals surface area contributed by atoms with Crippen molar-refractivity contribution in [2.24, 2.45) is 11.8 Å². The van der Waals surface area contributed by atoms with Crippen LogP contribution in [0.3, 0.4) is 0 Å². The molecule has 0 heterocycles. The molecular weight excluding hydrogens is 263 g/mol. The topological polar surface area (TPSA) is 9.23 Å². The van der Waals surface area contributed by atoms with Gasteiger partial charge in [0.25, 0.3) is 7.48 Å². The highest BCUT2D eigenvalue weighted by atomic mass is 32.1. The second-order valence-electron chi connectivity index (χ2n) is 7.56. The molecule has 0 aromatic rings. The summed E-state index contributed by atoms with van der Waals surface area (Å²) in [6.07, 6.45) is 7.89. The van der Waals surface area contributed by atoms with Gasteiger partial charge in [-0.15, -0.1) is 0 Å². The lowest BCUT2D eigenvalue weighted by Gasteiger charge is -2.38. The summed E-state index contributed by atoms with van der Waals surface area (Å²) in [5, 5.41) is 0. The Hall–Kier alpha value is 0.375. The van der Waals surface area contributed by atoms with Gasteiger partial charge in [-0.2, -0.15) is 12.6 Å². The number of thiol groups is 1. The molecule has 0 amide bonds. The van der Waals surface area contributed by atoms with Crippen molar-refractivity contribution in [1.82, 2.24) is 0 Å². The molecule has 0 aliphatic heterocycles. The van der Waals surface area contributed by atoms with Gasteiger partial charge in [0.05, 0.1) is 5.60 Å². The van der Waals surface area contributed by atoms with Crippen molar-refractivity contribution in [2.75, 3.05) is 0 Å². The van der Waals surface area contributed by atoms with Gasteiger partial charge in [0, 0.05) is 4.75 Å². The first-order valence-electron chi connectivity index (χ1n) is 8.48. The van der Waals surface area contributed by atoms with E-state index >= 15 is 0 Å². The molecule has 0 saturated heterocycles. The molecule has 0 aliphatic rings. The smallest absolute Gasteiger partial charge is 0.275 e. The van der Waals surface area contributed by atoms with Crippen LogP contribution in [0, 0.1) is 11.8 Å². The number of rotatable bonds is 11. The lowest BCUT2D eigenvalue weighted by atomic mass is 9.81. The Balaban J connectivity index is 3.90. The molecule has 0 N–H and O–H groups in total. The van der Waals surface area contributed by atoms with E-state index in [1.54, 1.807) is 0 Å². The van der Waals surface area contributed by atoms with Crippen LogP contribution in [0.5, 0.6) is 0 Å². The fourth-order valence-corrected chi connectivity index (χ4v) is 2.35. The standard InChI is InChI=1S/C17H37BOS/c1-8-9-11-15(14(2)3)12-10-13-18-19-16(4,5)17(6,7)20/h14-15,18,20H,8-13H2,1-7H3. The van der Waals surface area contributed by atoms with Crippen molar-refractivity contribution in [3.8, 4) is 0 Å². The third kappa shape index (κ3) is 7.97. The molecular formula is C17H37BOS. The minimum atomic E-state index is -0.171. The summed E-state index contributed by atoms with van der Waals surface area (Å²) in [4.78, 5) is 0. The Kier molecular flexibility index (Phi) is 9.58. The highest BCUT2D eigenvalue weighted by Gasteiger charge is 2.34. The largest absolute Gasteiger partial charge is 0.433 e. The molecule has 1 atom stereocenters. The van der Waals surface area contributed by atoms with Gasteiger partial charge in [0.15, 0.2) is 0 Å². The quantitative estimate of drug-likeness (QED) is 0.301. The molecule has 120 valence electrons. The van der Waals surface area contributed by atoms with Crippen LogP contribution in [0.25, 0.3) is 0 Å². The normalized spacial score (nSPS) is 14.7. The van der Waals surface area contributed by atoms with Crippen molar-refractivity contribution >= 4 is 20.1 Å². The summed E-state index contributed by atoms with van der Waals surface area (Å²) in [6, 6.07) is 0. The Morgan fingerprint density at radius 1 is 1.05 bits per heavy atom. The third-order valence-corrected chi connectivity index (χ3v) is 5.32. The second kappa shape index (κ2) is 9.40. The fraction of sp³-hybridized carbons (Fsp3) is 1.00. The summed E-state index contributed by atoms with van der Waals surface area (Å²) < 4.78 is 5.94. The van der Waals surface area contributed by atoms with Crippen molar-refractivity contribution < 1.29 is 4.65 Å². The molecule has 3 heteroatoms. The SMILES string of the molecule is CCCCC(CCCBOC(C)(C)C(C)(C)S)C(C)C. The predicted octanol–water partition coefficient (Wildman–Crippen LogP) is 5.50. The Bertz CT molecular complexity index is 246. The molecule has 0 rings (SSSR count). The van der Waals surface area contributed by atoms with E-state index in [1.807, 2.05) is 0 Å². The van der Waals surface area contributed by atoms with Gasteiger partial charge in [0.2, 0.25) is 0 Å². The van der Waals surface area contributed by atoms with Crippen molar-refractivity contribution in [1.29, 1.82) is 0 Å². The predicted molar refractivity (Wildman–Crippen MR) is 97.3 cm³/mol. The minimum Gasteiger partial charge on any atom is -0.433 e. The van der Waals surface area contributed by atoms with Gasteiger partial charge in [-0.25, -0.2) is 0 Å². The molecule has 0 fully saturated rings. The van der Waals surface area contributed by atoms with E-state index in [1.165, 1.54) is 38.4 Å². The van der Waals surface area contributed by atoms with E-state index < -0.39 is 0 Å². The van der Waals surface area contributed by atoms with E-state index in [-0.39, 0.29) is 10.3 Å². The monoisotopic (exact) mass is 300 g/mol. The van der Waals surface area contributed by atoms with Crippen molar-refractivity contribution in [2.45, 2.75) is 97.2 Å². The van der Waals surface area contributed by atoms with Crippen LogP contribution in [0.1, 0.15) is 80.6 Å². The summed E-state index contributed by atoms with van der Waals surface area (Å²) >= 11 is 4.63. The zero-order valence-corrected chi connectivity index (χ0v) is 15.9. The molecule has 0 aliphatic carbocycles. The summed E-state index contributed by atoms with van der Waals surface area (Å²) in [5.41, 5.74) is -0.171. The van der Waals surface area contributed by atoms with Gasteiger partial charge in [-0.1, -0.05) is 59.2 Å². The fourth-order valence-electron chi connectivity index (χ4n) is 2.29. The lowest BCUT2D eigenvalue weighted by molar-refractivity contribution is 0.0822. The Labute approximate surface area is 134 Å². The zero-order valence-electron chi connectivity index (χ0n) is 15.0. The summed E-state index contributed by atoms with van der Waals surface area (Å²) in [5.74, 6) is 1.71. The molecule has 1 unspecified atom stereocenters. The first-order valence-corrected chi connectivity index (χ1v) is 8.93. The van der Waals surface area contributed by atoms with E-state index in [2.05, 4.69) is 61.1 Å². The van der Waals surface area contributed by atoms with Crippen LogP contribution in [-0.4, -0.2) is 17.8 Å². The molecule has 0 aromatic heterocycles. The average Bonchev–Trinajstić information content (AvgIpc) is 2.30. The summed E-state index contributed by atoms with van der Waals surface area (Å²) in [6.45, 7) is 15.5. The van der Waals surface area contributed by atoms with Gasteiger partial charge in [-0.3, -0.25) is 0 Å².